The van der Waals surface area contributed by atoms with Gasteiger partial charge in [-0.3, -0.25) is 9.69 Å². The smallest absolute Gasteiger partial charge is 0.410 e. The Kier molecular flexibility index (Phi) is 13.1. The lowest BCUT2D eigenvalue weighted by Crippen LogP contribution is -2.55. The molecule has 3 N–H and O–H groups in total. The number of anilines is 6. The largest absolute Gasteiger partial charge is 0.494 e. The first-order valence-corrected chi connectivity index (χ1v) is 22.1. The molecule has 0 bridgehead atoms. The average molecular weight is 815 g/mol. The van der Waals surface area contributed by atoms with Crippen LogP contribution in [0.25, 0.3) is 6.08 Å². The standard InChI is InChI=1S/C42H52ClN8O5P/c1-42(2,3)56-41(53)51-24-22-49(23-25-51)30-18-20-50(21-19-30)35-27-36(55-4)34(26-33(35)45-38(52)17-16-29-12-8-7-9-13-29)47-40-44-28-31(43)39(48-40)46-32-14-10-11-15-37(32)57(5,6)54/h7-17,26-28,30H,18-25H2,1-6H3,(H,45,52)(H2,44,46,47,48)/b17-16+. The third kappa shape index (κ3) is 11.1. The SMILES string of the molecule is COc1cc(N2CCC(N3CCN(C(=O)OC(C)(C)C)CC3)CC2)c(NC(=O)/C=C/c2ccccc2)cc1Nc1ncc(Cl)c(Nc2ccccc2P(C)(C)=O)n1. The Balaban J connectivity index is 1.22. The Morgan fingerprint density at radius 2 is 1.58 bits per heavy atom. The molecule has 2 aliphatic rings. The van der Waals surface area contributed by atoms with Crippen LogP contribution >= 0.6 is 18.7 Å². The molecule has 2 aliphatic heterocycles. The molecule has 15 heteroatoms. The number of nitrogens with one attached hydrogen (secondary N) is 3. The number of piperidine rings is 1. The highest BCUT2D eigenvalue weighted by Crippen LogP contribution is 2.41. The maximum absolute atomic E-state index is 13.4. The topological polar surface area (TPSA) is 141 Å². The number of para-hydroxylation sites is 1. The molecule has 3 heterocycles. The van der Waals surface area contributed by atoms with E-state index in [-0.39, 0.29) is 23.0 Å². The summed E-state index contributed by atoms with van der Waals surface area (Å²) in [5.74, 6) is 0.806. The Labute approximate surface area is 340 Å². The van der Waals surface area contributed by atoms with Crippen molar-refractivity contribution in [3.05, 3.63) is 89.6 Å². The number of hydrogen-bond acceptors (Lipinski definition) is 11. The highest BCUT2D eigenvalue weighted by Gasteiger charge is 2.32. The van der Waals surface area contributed by atoms with Gasteiger partial charge in [0.25, 0.3) is 0 Å². The van der Waals surface area contributed by atoms with E-state index in [1.807, 2.05) is 87.5 Å². The van der Waals surface area contributed by atoms with Crippen LogP contribution in [0, 0.1) is 0 Å². The summed E-state index contributed by atoms with van der Waals surface area (Å²) < 4.78 is 24.5. The molecule has 2 fully saturated rings. The van der Waals surface area contributed by atoms with Gasteiger partial charge in [0.05, 0.1) is 36.1 Å². The second kappa shape index (κ2) is 18.0. The van der Waals surface area contributed by atoms with Crippen molar-refractivity contribution in [1.29, 1.82) is 0 Å². The molecule has 1 aromatic heterocycles. The van der Waals surface area contributed by atoms with Crippen LogP contribution < -0.4 is 30.9 Å². The molecule has 302 valence electrons. The zero-order valence-corrected chi connectivity index (χ0v) is 35.1. The van der Waals surface area contributed by atoms with Crippen molar-refractivity contribution in [2.45, 2.75) is 45.3 Å². The van der Waals surface area contributed by atoms with Gasteiger partial charge < -0.3 is 39.8 Å². The number of aromatic nitrogens is 2. The molecular formula is C42H52ClN8O5P. The van der Waals surface area contributed by atoms with E-state index >= 15 is 0 Å². The lowest BCUT2D eigenvalue weighted by atomic mass is 10.0. The maximum atomic E-state index is 13.4. The van der Waals surface area contributed by atoms with E-state index in [1.165, 1.54) is 12.3 Å². The van der Waals surface area contributed by atoms with E-state index in [4.69, 9.17) is 21.1 Å². The fourth-order valence-corrected chi connectivity index (χ4v) is 8.28. The third-order valence-corrected chi connectivity index (χ3v) is 11.6. The molecule has 0 radical (unpaired) electrons. The average Bonchev–Trinajstić information content (AvgIpc) is 3.18. The van der Waals surface area contributed by atoms with Gasteiger partial charge in [-0.05, 0) is 76.8 Å². The highest BCUT2D eigenvalue weighted by atomic mass is 35.5. The Morgan fingerprint density at radius 1 is 0.895 bits per heavy atom. The predicted molar refractivity (Wildman–Crippen MR) is 231 cm³/mol. The molecule has 0 atom stereocenters. The van der Waals surface area contributed by atoms with E-state index in [2.05, 4.69) is 35.7 Å². The summed E-state index contributed by atoms with van der Waals surface area (Å²) in [4.78, 5) is 41.7. The summed E-state index contributed by atoms with van der Waals surface area (Å²) in [7, 11) is -1.02. The first-order chi connectivity index (χ1) is 27.2. The predicted octanol–water partition coefficient (Wildman–Crippen LogP) is 8.05. The van der Waals surface area contributed by atoms with Gasteiger partial charge in [-0.1, -0.05) is 54.1 Å². The Morgan fingerprint density at radius 3 is 2.25 bits per heavy atom. The van der Waals surface area contributed by atoms with Gasteiger partial charge in [0, 0.05) is 62.8 Å². The van der Waals surface area contributed by atoms with Crippen LogP contribution in [0.3, 0.4) is 0 Å². The normalized spacial score (nSPS) is 15.7. The first-order valence-electron chi connectivity index (χ1n) is 19.1. The fraction of sp³-hybridized carbons (Fsp3) is 0.381. The van der Waals surface area contributed by atoms with Crippen molar-refractivity contribution in [2.24, 2.45) is 0 Å². The van der Waals surface area contributed by atoms with Crippen molar-refractivity contribution < 1.29 is 23.6 Å². The molecule has 3 aromatic carbocycles. The van der Waals surface area contributed by atoms with Crippen LogP contribution in [0.15, 0.2) is 79.0 Å². The molecule has 57 heavy (non-hydrogen) atoms. The molecule has 2 amide bonds. The number of benzene rings is 3. The van der Waals surface area contributed by atoms with Gasteiger partial charge in [0.1, 0.15) is 23.5 Å². The van der Waals surface area contributed by atoms with Gasteiger partial charge >= 0.3 is 6.09 Å². The second-order valence-corrected chi connectivity index (χ2v) is 19.1. The maximum Gasteiger partial charge on any atom is 0.410 e. The van der Waals surface area contributed by atoms with E-state index in [1.54, 1.807) is 31.4 Å². The molecule has 2 saturated heterocycles. The molecule has 4 aromatic rings. The molecule has 0 saturated carbocycles. The number of nitrogens with zero attached hydrogens (tertiary/aromatic N) is 5. The number of amides is 2. The van der Waals surface area contributed by atoms with Gasteiger partial charge in [0.15, 0.2) is 5.82 Å². The monoisotopic (exact) mass is 814 g/mol. The van der Waals surface area contributed by atoms with Crippen molar-refractivity contribution in [2.75, 3.05) is 80.6 Å². The number of hydrogen-bond donors (Lipinski definition) is 3. The van der Waals surface area contributed by atoms with Crippen molar-refractivity contribution in [1.82, 2.24) is 19.8 Å². The fourth-order valence-electron chi connectivity index (χ4n) is 6.99. The summed E-state index contributed by atoms with van der Waals surface area (Å²) in [5.41, 5.74) is 2.97. The van der Waals surface area contributed by atoms with Crippen molar-refractivity contribution in [3.63, 3.8) is 0 Å². The summed E-state index contributed by atoms with van der Waals surface area (Å²) in [5, 5.41) is 10.6. The molecule has 6 rings (SSSR count). The summed E-state index contributed by atoms with van der Waals surface area (Å²) in [6.07, 6.45) is 6.35. The summed E-state index contributed by atoms with van der Waals surface area (Å²) in [6, 6.07) is 21.1. The van der Waals surface area contributed by atoms with E-state index in [0.29, 0.717) is 53.1 Å². The van der Waals surface area contributed by atoms with Crippen LogP contribution in [0.1, 0.15) is 39.2 Å². The van der Waals surface area contributed by atoms with Crippen LogP contribution in [0.4, 0.5) is 39.3 Å². The highest BCUT2D eigenvalue weighted by molar-refractivity contribution is 7.70. The van der Waals surface area contributed by atoms with Gasteiger partial charge in [0.2, 0.25) is 11.9 Å². The lowest BCUT2D eigenvalue weighted by Gasteiger charge is -2.43. The minimum atomic E-state index is -2.61. The first kappa shape index (κ1) is 41.5. The van der Waals surface area contributed by atoms with Crippen LogP contribution in [-0.4, -0.2) is 103 Å². The van der Waals surface area contributed by atoms with E-state index in [0.717, 1.165) is 50.3 Å². The van der Waals surface area contributed by atoms with Crippen molar-refractivity contribution in [3.8, 4) is 5.75 Å². The third-order valence-electron chi connectivity index (χ3n) is 9.82. The second-order valence-electron chi connectivity index (χ2n) is 15.5. The van der Waals surface area contributed by atoms with Crippen molar-refractivity contribution >= 4 is 76.6 Å². The number of carbonyl (C=O) groups excluding carboxylic acids is 2. The number of methoxy groups -OCH3 is 1. The quantitative estimate of drug-likeness (QED) is 0.100. The van der Waals surface area contributed by atoms with Gasteiger partial charge in [-0.15, -0.1) is 0 Å². The Bertz CT molecular complexity index is 2120. The molecule has 0 unspecified atom stereocenters. The van der Waals surface area contributed by atoms with E-state index in [9.17, 15) is 14.2 Å². The minimum Gasteiger partial charge on any atom is -0.494 e. The zero-order valence-electron chi connectivity index (χ0n) is 33.4. The van der Waals surface area contributed by atoms with Crippen LogP contribution in [0.2, 0.25) is 5.02 Å². The number of ether oxygens (including phenoxy) is 2. The summed E-state index contributed by atoms with van der Waals surface area (Å²) in [6.45, 7) is 13.5. The molecule has 0 aliphatic carbocycles. The Hall–Kier alpha value is -5.10. The molecular weight excluding hydrogens is 763 g/mol. The van der Waals surface area contributed by atoms with E-state index < -0.39 is 12.7 Å². The van der Waals surface area contributed by atoms with Gasteiger partial charge in [-0.25, -0.2) is 9.78 Å². The number of halogens is 1. The summed E-state index contributed by atoms with van der Waals surface area (Å²) >= 11 is 6.54. The van der Waals surface area contributed by atoms with Crippen LogP contribution in [0.5, 0.6) is 5.75 Å². The molecule has 0 spiro atoms. The van der Waals surface area contributed by atoms with Gasteiger partial charge in [-0.2, -0.15) is 4.98 Å². The minimum absolute atomic E-state index is 0.232. The zero-order chi connectivity index (χ0) is 40.7. The number of carbonyl (C=O) groups is 2. The lowest BCUT2D eigenvalue weighted by molar-refractivity contribution is -0.111. The molecule has 13 nitrogen and oxygen atoms in total. The van der Waals surface area contributed by atoms with Crippen LogP contribution in [-0.2, 0) is 14.1 Å². The number of piperazine rings is 1. The number of rotatable bonds is 11.